The summed E-state index contributed by atoms with van der Waals surface area (Å²) in [7, 11) is 1.45. The second kappa shape index (κ2) is 5.70. The minimum Gasteiger partial charge on any atom is -0.372 e. The number of nitrogens with one attached hydrogen (secondary N) is 1. The third kappa shape index (κ3) is 4.62. The van der Waals surface area contributed by atoms with Crippen LogP contribution in [0.3, 0.4) is 0 Å². The average molecular weight is 187 g/mol. The maximum absolute atomic E-state index is 11.1. The minimum absolute atomic E-state index is 0.0247. The topological polar surface area (TPSA) is 55.4 Å². The van der Waals surface area contributed by atoms with Gasteiger partial charge in [0.1, 0.15) is 6.10 Å². The molecule has 0 radical (unpaired) electrons. The highest BCUT2D eigenvalue weighted by atomic mass is 16.5. The smallest absolute Gasteiger partial charge is 0.249 e. The molecule has 0 aromatic rings. The van der Waals surface area contributed by atoms with E-state index in [0.717, 1.165) is 0 Å². The van der Waals surface area contributed by atoms with Crippen LogP contribution in [-0.4, -0.2) is 31.4 Å². The van der Waals surface area contributed by atoms with Gasteiger partial charge < -0.3 is 10.1 Å². The van der Waals surface area contributed by atoms with E-state index in [1.165, 1.54) is 7.11 Å². The van der Waals surface area contributed by atoms with Gasteiger partial charge >= 0.3 is 0 Å². The summed E-state index contributed by atoms with van der Waals surface area (Å²) < 4.78 is 4.78. The van der Waals surface area contributed by atoms with Crippen molar-refractivity contribution in [3.05, 3.63) is 0 Å². The fourth-order valence-corrected chi connectivity index (χ4v) is 0.629. The number of ketones is 1. The van der Waals surface area contributed by atoms with E-state index in [-0.39, 0.29) is 24.2 Å². The van der Waals surface area contributed by atoms with E-state index >= 15 is 0 Å². The lowest BCUT2D eigenvalue weighted by atomic mass is 10.1. The molecular weight excluding hydrogens is 170 g/mol. The van der Waals surface area contributed by atoms with Crippen LogP contribution in [0.2, 0.25) is 0 Å². The fraction of sp³-hybridized carbons (Fsp3) is 0.778. The summed E-state index contributed by atoms with van der Waals surface area (Å²) in [5.74, 6) is -0.272. The third-order valence-electron chi connectivity index (χ3n) is 1.80. The molecule has 0 aliphatic rings. The summed E-state index contributed by atoms with van der Waals surface area (Å²) in [5, 5.41) is 2.50. The highest BCUT2D eigenvalue weighted by molar-refractivity contribution is 5.88. The van der Waals surface area contributed by atoms with Gasteiger partial charge in [-0.2, -0.15) is 0 Å². The fourth-order valence-electron chi connectivity index (χ4n) is 0.629. The van der Waals surface area contributed by atoms with Crippen molar-refractivity contribution in [1.82, 2.24) is 5.32 Å². The SMILES string of the molecule is COC(C)C(=O)NCC(=O)C(C)C. The first-order valence-corrected chi connectivity index (χ1v) is 4.32. The molecule has 1 N–H and O–H groups in total. The maximum atomic E-state index is 11.1. The van der Waals surface area contributed by atoms with Gasteiger partial charge in [0, 0.05) is 13.0 Å². The Labute approximate surface area is 78.6 Å². The van der Waals surface area contributed by atoms with Crippen molar-refractivity contribution in [2.24, 2.45) is 5.92 Å². The van der Waals surface area contributed by atoms with Crippen molar-refractivity contribution in [3.63, 3.8) is 0 Å². The van der Waals surface area contributed by atoms with Crippen molar-refractivity contribution < 1.29 is 14.3 Å². The zero-order valence-corrected chi connectivity index (χ0v) is 8.59. The molecule has 0 aliphatic heterocycles. The lowest BCUT2D eigenvalue weighted by molar-refractivity contribution is -0.132. The van der Waals surface area contributed by atoms with Crippen LogP contribution >= 0.6 is 0 Å². The number of carbonyl (C=O) groups is 2. The van der Waals surface area contributed by atoms with Gasteiger partial charge in [-0.15, -0.1) is 0 Å². The quantitative estimate of drug-likeness (QED) is 0.676. The maximum Gasteiger partial charge on any atom is 0.249 e. The Morgan fingerprint density at radius 1 is 1.31 bits per heavy atom. The molecule has 0 aliphatic carbocycles. The first-order valence-electron chi connectivity index (χ1n) is 4.32. The van der Waals surface area contributed by atoms with Crippen molar-refractivity contribution in [2.45, 2.75) is 26.9 Å². The van der Waals surface area contributed by atoms with Crippen molar-refractivity contribution >= 4 is 11.7 Å². The molecule has 4 heteroatoms. The van der Waals surface area contributed by atoms with Crippen LogP contribution < -0.4 is 5.32 Å². The predicted octanol–water partition coefficient (Wildman–Crippen LogP) is 0.363. The number of carbonyl (C=O) groups excluding carboxylic acids is 2. The van der Waals surface area contributed by atoms with E-state index in [0.29, 0.717) is 0 Å². The van der Waals surface area contributed by atoms with Crippen LogP contribution in [0.25, 0.3) is 0 Å². The molecule has 0 saturated carbocycles. The molecule has 0 aromatic heterocycles. The van der Waals surface area contributed by atoms with Crippen LogP contribution in [0.4, 0.5) is 0 Å². The van der Waals surface area contributed by atoms with Gasteiger partial charge in [0.15, 0.2) is 5.78 Å². The summed E-state index contributed by atoms with van der Waals surface area (Å²) >= 11 is 0. The molecule has 0 aromatic carbocycles. The summed E-state index contributed by atoms with van der Waals surface area (Å²) in [4.78, 5) is 22.2. The molecule has 1 atom stereocenters. The Hall–Kier alpha value is -0.900. The molecule has 1 unspecified atom stereocenters. The number of hydrogen-bond donors (Lipinski definition) is 1. The van der Waals surface area contributed by atoms with E-state index in [9.17, 15) is 9.59 Å². The van der Waals surface area contributed by atoms with Gasteiger partial charge in [0.05, 0.1) is 6.54 Å². The Morgan fingerprint density at radius 2 is 1.85 bits per heavy atom. The monoisotopic (exact) mass is 187 g/mol. The first-order chi connectivity index (χ1) is 5.99. The largest absolute Gasteiger partial charge is 0.372 e. The Kier molecular flexibility index (Phi) is 5.30. The van der Waals surface area contributed by atoms with Crippen LogP contribution in [-0.2, 0) is 14.3 Å². The van der Waals surface area contributed by atoms with Crippen molar-refractivity contribution in [2.75, 3.05) is 13.7 Å². The number of ether oxygens (including phenoxy) is 1. The molecule has 0 rings (SSSR count). The highest BCUT2D eigenvalue weighted by Crippen LogP contribution is 1.93. The second-order valence-corrected chi connectivity index (χ2v) is 3.22. The van der Waals surface area contributed by atoms with Gasteiger partial charge in [0.2, 0.25) is 5.91 Å². The Bertz CT molecular complexity index is 189. The lowest BCUT2D eigenvalue weighted by Crippen LogP contribution is -2.38. The third-order valence-corrected chi connectivity index (χ3v) is 1.80. The molecule has 13 heavy (non-hydrogen) atoms. The van der Waals surface area contributed by atoms with Crippen molar-refractivity contribution in [1.29, 1.82) is 0 Å². The Balaban J connectivity index is 3.77. The number of amides is 1. The normalized spacial score (nSPS) is 12.7. The molecule has 0 saturated heterocycles. The zero-order chi connectivity index (χ0) is 10.4. The lowest BCUT2D eigenvalue weighted by Gasteiger charge is -2.10. The summed E-state index contributed by atoms with van der Waals surface area (Å²) in [6.45, 7) is 5.32. The summed E-state index contributed by atoms with van der Waals surface area (Å²) in [6, 6.07) is 0. The first kappa shape index (κ1) is 12.1. The number of rotatable bonds is 5. The molecule has 0 fully saturated rings. The van der Waals surface area contributed by atoms with Gasteiger partial charge in [-0.25, -0.2) is 0 Å². The molecule has 0 heterocycles. The second-order valence-electron chi connectivity index (χ2n) is 3.22. The van der Waals surface area contributed by atoms with E-state index in [1.807, 2.05) is 0 Å². The van der Waals surface area contributed by atoms with Gasteiger partial charge in [0.25, 0.3) is 0 Å². The summed E-state index contributed by atoms with van der Waals surface area (Å²) in [6.07, 6.45) is -0.500. The van der Waals surface area contributed by atoms with Crippen molar-refractivity contribution in [3.8, 4) is 0 Å². The van der Waals surface area contributed by atoms with Crippen LogP contribution in [0.1, 0.15) is 20.8 Å². The van der Waals surface area contributed by atoms with Gasteiger partial charge in [-0.3, -0.25) is 9.59 Å². The van der Waals surface area contributed by atoms with Crippen LogP contribution in [0, 0.1) is 5.92 Å². The van der Waals surface area contributed by atoms with Gasteiger partial charge in [-0.05, 0) is 6.92 Å². The van der Waals surface area contributed by atoms with Crippen LogP contribution in [0.5, 0.6) is 0 Å². The van der Waals surface area contributed by atoms with Gasteiger partial charge in [-0.1, -0.05) is 13.8 Å². The average Bonchev–Trinajstić information content (AvgIpc) is 2.11. The minimum atomic E-state index is -0.500. The van der Waals surface area contributed by atoms with Crippen LogP contribution in [0.15, 0.2) is 0 Å². The number of hydrogen-bond acceptors (Lipinski definition) is 3. The molecule has 4 nitrogen and oxygen atoms in total. The number of methoxy groups -OCH3 is 1. The molecule has 0 bridgehead atoms. The Morgan fingerprint density at radius 3 is 2.23 bits per heavy atom. The molecule has 0 spiro atoms. The van der Waals surface area contributed by atoms with E-state index < -0.39 is 6.10 Å². The zero-order valence-electron chi connectivity index (χ0n) is 8.59. The number of Topliss-reactive ketones (excluding diaryl/α,β-unsaturated/α-hetero) is 1. The standard InChI is InChI=1S/C9H17NO3/c1-6(2)8(11)5-10-9(12)7(3)13-4/h6-7H,5H2,1-4H3,(H,10,12). The van der Waals surface area contributed by atoms with E-state index in [1.54, 1.807) is 20.8 Å². The highest BCUT2D eigenvalue weighted by Gasteiger charge is 2.13. The molecular formula is C9H17NO3. The van der Waals surface area contributed by atoms with E-state index in [4.69, 9.17) is 4.74 Å². The predicted molar refractivity (Wildman–Crippen MR) is 49.3 cm³/mol. The van der Waals surface area contributed by atoms with E-state index in [2.05, 4.69) is 5.32 Å². The molecule has 1 amide bonds. The molecule has 76 valence electrons. The summed E-state index contributed by atoms with van der Waals surface area (Å²) in [5.41, 5.74) is 0.